The molecule has 0 saturated carbocycles. The zero-order valence-electron chi connectivity index (χ0n) is 8.64. The van der Waals surface area contributed by atoms with Gasteiger partial charge in [0.05, 0.1) is 0 Å². The van der Waals surface area contributed by atoms with Crippen LogP contribution in [0.25, 0.3) is 0 Å². The minimum atomic E-state index is -1.05. The third-order valence-electron chi connectivity index (χ3n) is 1.84. The third kappa shape index (κ3) is 3.54. The van der Waals surface area contributed by atoms with E-state index in [0.29, 0.717) is 12.2 Å². The lowest BCUT2D eigenvalue weighted by Gasteiger charge is -2.12. The Balaban J connectivity index is 2.54. The van der Waals surface area contributed by atoms with Gasteiger partial charge in [0.25, 0.3) is 5.91 Å². The molecule has 1 aromatic heterocycles. The van der Waals surface area contributed by atoms with Gasteiger partial charge in [-0.15, -0.1) is 0 Å². The van der Waals surface area contributed by atoms with E-state index in [4.69, 9.17) is 5.11 Å². The molecule has 0 radical (unpaired) electrons. The van der Waals surface area contributed by atoms with Crippen molar-refractivity contribution in [3.8, 4) is 0 Å². The second-order valence-corrected chi connectivity index (χ2v) is 3.97. The van der Waals surface area contributed by atoms with Gasteiger partial charge in [0, 0.05) is 0 Å². The molecule has 1 rings (SSSR count). The second kappa shape index (κ2) is 6.11. The van der Waals surface area contributed by atoms with Crippen molar-refractivity contribution in [2.45, 2.75) is 12.5 Å². The second-order valence-electron chi connectivity index (χ2n) is 2.98. The van der Waals surface area contributed by atoms with Gasteiger partial charge in [-0.25, -0.2) is 9.78 Å². The van der Waals surface area contributed by atoms with Crippen LogP contribution < -0.4 is 5.32 Å². The number of nitrogens with zero attached hydrogens (tertiary/aromatic N) is 2. The Morgan fingerprint density at radius 2 is 2.44 bits per heavy atom. The summed E-state index contributed by atoms with van der Waals surface area (Å²) in [6.45, 7) is 0. The van der Waals surface area contributed by atoms with Crippen LogP contribution >= 0.6 is 11.8 Å². The summed E-state index contributed by atoms with van der Waals surface area (Å²) in [5.41, 5.74) is 0. The summed E-state index contributed by atoms with van der Waals surface area (Å²) < 4.78 is 0. The number of carbonyl (C=O) groups is 2. The fraction of sp³-hybridized carbons (Fsp3) is 0.500. The van der Waals surface area contributed by atoms with Gasteiger partial charge < -0.3 is 10.4 Å². The van der Waals surface area contributed by atoms with E-state index in [1.165, 1.54) is 18.1 Å². The number of hydrogen-bond donors (Lipinski definition) is 3. The number of carboxylic acid groups (broad SMARTS) is 1. The van der Waals surface area contributed by atoms with Gasteiger partial charge in [-0.3, -0.25) is 9.89 Å². The summed E-state index contributed by atoms with van der Waals surface area (Å²) >= 11 is 1.52. The van der Waals surface area contributed by atoms with E-state index in [9.17, 15) is 9.59 Å². The number of nitrogens with one attached hydrogen (secondary N) is 2. The summed E-state index contributed by atoms with van der Waals surface area (Å²) in [6, 6.07) is -0.898. The summed E-state index contributed by atoms with van der Waals surface area (Å²) in [5.74, 6) is -0.948. The number of aromatic amines is 1. The molecule has 3 N–H and O–H groups in total. The molecule has 8 heteroatoms. The Labute approximate surface area is 96.0 Å². The SMILES string of the molecule is CSCC[C@@H](NC(=O)c1ncn[nH]1)C(=O)O. The Morgan fingerprint density at radius 3 is 2.94 bits per heavy atom. The number of aliphatic carboxylic acids is 1. The molecule has 0 unspecified atom stereocenters. The fourth-order valence-corrected chi connectivity index (χ4v) is 1.51. The van der Waals surface area contributed by atoms with Crippen molar-refractivity contribution in [2.24, 2.45) is 0 Å². The monoisotopic (exact) mass is 244 g/mol. The molecule has 0 fully saturated rings. The first-order chi connectivity index (χ1) is 7.65. The van der Waals surface area contributed by atoms with Gasteiger partial charge in [0.15, 0.2) is 0 Å². The number of aromatic nitrogens is 3. The van der Waals surface area contributed by atoms with Crippen LogP contribution in [0.15, 0.2) is 6.33 Å². The highest BCUT2D eigenvalue weighted by Crippen LogP contribution is 2.01. The molecule has 1 amide bonds. The number of thioether (sulfide) groups is 1. The van der Waals surface area contributed by atoms with Crippen molar-refractivity contribution in [3.05, 3.63) is 12.2 Å². The number of carbonyl (C=O) groups excluding carboxylic acids is 1. The molecule has 0 bridgehead atoms. The molecule has 1 heterocycles. The standard InChI is InChI=1S/C8H12N4O3S/c1-16-3-2-5(8(14)15)11-7(13)6-9-4-10-12-6/h4-5H,2-3H2,1H3,(H,11,13)(H,14,15)(H,9,10,12)/t5-/m1/s1. The predicted molar refractivity (Wildman–Crippen MR) is 58.3 cm³/mol. The highest BCUT2D eigenvalue weighted by Gasteiger charge is 2.21. The van der Waals surface area contributed by atoms with Gasteiger partial charge in [-0.05, 0) is 18.4 Å². The van der Waals surface area contributed by atoms with E-state index >= 15 is 0 Å². The fourth-order valence-electron chi connectivity index (χ4n) is 1.03. The first-order valence-corrected chi connectivity index (χ1v) is 5.92. The summed E-state index contributed by atoms with van der Waals surface area (Å²) in [6.07, 6.45) is 3.43. The summed E-state index contributed by atoms with van der Waals surface area (Å²) in [4.78, 5) is 25.9. The van der Waals surface area contributed by atoms with E-state index < -0.39 is 17.9 Å². The van der Waals surface area contributed by atoms with Gasteiger partial charge in [-0.2, -0.15) is 16.9 Å². The molecule has 0 aliphatic rings. The molecule has 0 aliphatic carbocycles. The molecule has 0 aliphatic heterocycles. The van der Waals surface area contributed by atoms with Crippen LogP contribution in [-0.4, -0.2) is 50.2 Å². The predicted octanol–water partition coefficient (Wildman–Crippen LogP) is -0.259. The van der Waals surface area contributed by atoms with Crippen molar-refractivity contribution < 1.29 is 14.7 Å². The van der Waals surface area contributed by atoms with Gasteiger partial charge in [0.1, 0.15) is 12.4 Å². The molecular weight excluding hydrogens is 232 g/mol. The Kier molecular flexibility index (Phi) is 4.77. The van der Waals surface area contributed by atoms with Crippen LogP contribution in [0, 0.1) is 0 Å². The first kappa shape index (κ1) is 12.5. The molecule has 1 atom stereocenters. The van der Waals surface area contributed by atoms with Crippen molar-refractivity contribution in [3.63, 3.8) is 0 Å². The average Bonchev–Trinajstić information content (AvgIpc) is 2.76. The average molecular weight is 244 g/mol. The van der Waals surface area contributed by atoms with Crippen molar-refractivity contribution in [1.29, 1.82) is 0 Å². The topological polar surface area (TPSA) is 108 Å². The maximum atomic E-state index is 11.5. The van der Waals surface area contributed by atoms with Gasteiger partial charge in [-0.1, -0.05) is 0 Å². The zero-order chi connectivity index (χ0) is 12.0. The quantitative estimate of drug-likeness (QED) is 0.636. The zero-order valence-corrected chi connectivity index (χ0v) is 9.45. The highest BCUT2D eigenvalue weighted by molar-refractivity contribution is 7.98. The van der Waals surface area contributed by atoms with Gasteiger partial charge in [0.2, 0.25) is 5.82 Å². The largest absolute Gasteiger partial charge is 0.480 e. The summed E-state index contributed by atoms with van der Waals surface area (Å²) in [5, 5.41) is 17.1. The number of amides is 1. The molecular formula is C8H12N4O3S. The van der Waals surface area contributed by atoms with Gasteiger partial charge >= 0.3 is 5.97 Å². The van der Waals surface area contributed by atoms with E-state index in [0.717, 1.165) is 0 Å². The van der Waals surface area contributed by atoms with Crippen molar-refractivity contribution >= 4 is 23.6 Å². The van der Waals surface area contributed by atoms with E-state index in [1.807, 2.05) is 6.26 Å². The molecule has 0 saturated heterocycles. The molecule has 1 aromatic rings. The van der Waals surface area contributed by atoms with Crippen LogP contribution in [0.4, 0.5) is 0 Å². The number of H-pyrrole nitrogens is 1. The summed E-state index contributed by atoms with van der Waals surface area (Å²) in [7, 11) is 0. The molecule has 0 spiro atoms. The first-order valence-electron chi connectivity index (χ1n) is 4.53. The van der Waals surface area contributed by atoms with E-state index in [1.54, 1.807) is 0 Å². The lowest BCUT2D eigenvalue weighted by Crippen LogP contribution is -2.41. The minimum Gasteiger partial charge on any atom is -0.480 e. The van der Waals surface area contributed by atoms with Crippen molar-refractivity contribution in [2.75, 3.05) is 12.0 Å². The Bertz CT molecular complexity index is 354. The van der Waals surface area contributed by atoms with Crippen LogP contribution in [0.3, 0.4) is 0 Å². The van der Waals surface area contributed by atoms with E-state index in [2.05, 4.69) is 20.5 Å². The normalized spacial score (nSPS) is 12.1. The number of rotatable bonds is 6. The maximum absolute atomic E-state index is 11.5. The lowest BCUT2D eigenvalue weighted by atomic mass is 10.2. The highest BCUT2D eigenvalue weighted by atomic mass is 32.2. The molecule has 16 heavy (non-hydrogen) atoms. The minimum absolute atomic E-state index is 0.00963. The smallest absolute Gasteiger partial charge is 0.326 e. The molecule has 0 aromatic carbocycles. The number of hydrogen-bond acceptors (Lipinski definition) is 5. The van der Waals surface area contributed by atoms with Crippen LogP contribution in [0.1, 0.15) is 17.0 Å². The third-order valence-corrected chi connectivity index (χ3v) is 2.49. The van der Waals surface area contributed by atoms with Crippen molar-refractivity contribution in [1.82, 2.24) is 20.5 Å². The molecule has 7 nitrogen and oxygen atoms in total. The van der Waals surface area contributed by atoms with Crippen LogP contribution in [0.2, 0.25) is 0 Å². The molecule has 88 valence electrons. The Hall–Kier alpha value is -1.57. The van der Waals surface area contributed by atoms with Crippen LogP contribution in [-0.2, 0) is 4.79 Å². The Morgan fingerprint density at radius 1 is 1.69 bits per heavy atom. The number of carboxylic acids is 1. The van der Waals surface area contributed by atoms with Crippen LogP contribution in [0.5, 0.6) is 0 Å². The van der Waals surface area contributed by atoms with E-state index in [-0.39, 0.29) is 5.82 Å². The lowest BCUT2D eigenvalue weighted by molar-refractivity contribution is -0.139. The maximum Gasteiger partial charge on any atom is 0.326 e.